The molecule has 2 heterocycles. The van der Waals surface area contributed by atoms with E-state index in [1.165, 1.54) is 32.1 Å². The monoisotopic (exact) mass is 396 g/mol. The van der Waals surface area contributed by atoms with E-state index in [-0.39, 0.29) is 43.2 Å². The molecule has 0 radical (unpaired) electrons. The van der Waals surface area contributed by atoms with Crippen LogP contribution in [0.25, 0.3) is 0 Å². The number of aliphatic hydroxyl groups is 1. The molecule has 2 amide bonds. The van der Waals surface area contributed by atoms with E-state index in [0.29, 0.717) is 25.4 Å². The van der Waals surface area contributed by atoms with Gasteiger partial charge in [0.25, 0.3) is 0 Å². The highest BCUT2D eigenvalue weighted by atomic mass is 16.5. The zero-order chi connectivity index (χ0) is 19.9. The molecule has 1 aliphatic carbocycles. The summed E-state index contributed by atoms with van der Waals surface area (Å²) in [5, 5.41) is 13.1. The summed E-state index contributed by atoms with van der Waals surface area (Å²) in [6, 6.07) is -0.0936. The number of ether oxygens (including phenoxy) is 2. The number of aliphatic hydroxyl groups excluding tert-OH is 1. The Morgan fingerprint density at radius 1 is 1.11 bits per heavy atom. The maximum absolute atomic E-state index is 12.4. The molecular weight excluding hydrogens is 360 g/mol. The minimum atomic E-state index is -0.667. The molecule has 2 saturated heterocycles. The summed E-state index contributed by atoms with van der Waals surface area (Å²) in [5.41, 5.74) is 0. The van der Waals surface area contributed by atoms with Crippen molar-refractivity contribution >= 4 is 11.8 Å². The second kappa shape index (κ2) is 10.6. The van der Waals surface area contributed by atoms with E-state index in [2.05, 4.69) is 5.32 Å². The number of nitrogens with zero attached hydrogens (tertiary/aromatic N) is 1. The number of rotatable bonds is 5. The van der Waals surface area contributed by atoms with Crippen LogP contribution in [-0.4, -0.2) is 72.5 Å². The summed E-state index contributed by atoms with van der Waals surface area (Å²) in [4.78, 5) is 26.5. The second-order valence-electron chi connectivity index (χ2n) is 8.54. The van der Waals surface area contributed by atoms with Crippen molar-refractivity contribution in [3.63, 3.8) is 0 Å². The zero-order valence-electron chi connectivity index (χ0n) is 17.1. The van der Waals surface area contributed by atoms with Gasteiger partial charge >= 0.3 is 0 Å². The SMILES string of the molecule is CCC(=O)N1C[C@@H](O)COC[C@H]2O[C@@H](CC(=O)NCC3CCCCC3)CC[C@@H]21. The molecule has 3 fully saturated rings. The minimum Gasteiger partial charge on any atom is -0.389 e. The van der Waals surface area contributed by atoms with Crippen molar-refractivity contribution in [2.24, 2.45) is 5.92 Å². The first-order chi connectivity index (χ1) is 13.6. The van der Waals surface area contributed by atoms with Crippen molar-refractivity contribution in [1.29, 1.82) is 0 Å². The predicted octanol–water partition coefficient (Wildman–Crippen LogP) is 1.62. The highest BCUT2D eigenvalue weighted by molar-refractivity contribution is 5.77. The van der Waals surface area contributed by atoms with E-state index in [1.807, 2.05) is 6.92 Å². The average Bonchev–Trinajstić information content (AvgIpc) is 2.70. The van der Waals surface area contributed by atoms with E-state index in [1.54, 1.807) is 4.90 Å². The average molecular weight is 397 g/mol. The third kappa shape index (κ3) is 5.91. The Kier molecular flexibility index (Phi) is 8.11. The lowest BCUT2D eigenvalue weighted by Gasteiger charge is -2.44. The Morgan fingerprint density at radius 3 is 2.64 bits per heavy atom. The second-order valence-corrected chi connectivity index (χ2v) is 8.54. The fourth-order valence-electron chi connectivity index (χ4n) is 4.76. The molecule has 3 aliphatic rings. The Bertz CT molecular complexity index is 523. The van der Waals surface area contributed by atoms with Crippen LogP contribution in [0.3, 0.4) is 0 Å². The van der Waals surface area contributed by atoms with Crippen molar-refractivity contribution in [3.8, 4) is 0 Å². The number of fused-ring (bicyclic) bond motifs is 1. The molecule has 0 bridgehead atoms. The fraction of sp³-hybridized carbons (Fsp3) is 0.905. The molecule has 2 N–H and O–H groups in total. The summed E-state index contributed by atoms with van der Waals surface area (Å²) in [5.74, 6) is 0.703. The standard InChI is InChI=1S/C21H36N2O5/c1-2-21(26)23-12-16(24)13-27-14-19-18(23)9-8-17(28-19)10-20(25)22-11-15-6-4-3-5-7-15/h15-19,24H,2-14H2,1H3,(H,22,25)/t16-,17-,18+,19-/m1/s1. The first-order valence-corrected chi connectivity index (χ1v) is 11.0. The van der Waals surface area contributed by atoms with Crippen molar-refractivity contribution in [1.82, 2.24) is 10.2 Å². The molecule has 7 heteroatoms. The Morgan fingerprint density at radius 2 is 1.89 bits per heavy atom. The molecule has 0 unspecified atom stereocenters. The quantitative estimate of drug-likeness (QED) is 0.737. The van der Waals surface area contributed by atoms with Crippen LogP contribution >= 0.6 is 0 Å². The van der Waals surface area contributed by atoms with Crippen LogP contribution in [0.5, 0.6) is 0 Å². The zero-order valence-corrected chi connectivity index (χ0v) is 17.1. The number of hydrogen-bond donors (Lipinski definition) is 2. The molecule has 0 aromatic heterocycles. The summed E-state index contributed by atoms with van der Waals surface area (Å²) in [6.07, 6.45) is 7.53. The van der Waals surface area contributed by atoms with Crippen molar-refractivity contribution in [3.05, 3.63) is 0 Å². The Labute approximate surface area is 168 Å². The molecule has 28 heavy (non-hydrogen) atoms. The first-order valence-electron chi connectivity index (χ1n) is 11.0. The Balaban J connectivity index is 1.50. The van der Waals surface area contributed by atoms with Gasteiger partial charge < -0.3 is 24.8 Å². The number of β-amino-alcohol motifs (C(OH)–C–C–N with tert-alkyl or cyclic N) is 1. The maximum Gasteiger partial charge on any atom is 0.222 e. The summed E-state index contributed by atoms with van der Waals surface area (Å²) < 4.78 is 11.8. The van der Waals surface area contributed by atoms with E-state index in [4.69, 9.17) is 9.47 Å². The predicted molar refractivity (Wildman–Crippen MR) is 105 cm³/mol. The summed E-state index contributed by atoms with van der Waals surface area (Å²) in [7, 11) is 0. The van der Waals surface area contributed by atoms with Gasteiger partial charge in [0, 0.05) is 19.5 Å². The summed E-state index contributed by atoms with van der Waals surface area (Å²) >= 11 is 0. The molecule has 0 aromatic rings. The topological polar surface area (TPSA) is 88.1 Å². The fourth-order valence-corrected chi connectivity index (χ4v) is 4.76. The van der Waals surface area contributed by atoms with Gasteiger partial charge in [-0.25, -0.2) is 0 Å². The van der Waals surface area contributed by atoms with Crippen LogP contribution in [-0.2, 0) is 19.1 Å². The van der Waals surface area contributed by atoms with E-state index < -0.39 is 6.10 Å². The third-order valence-electron chi connectivity index (χ3n) is 6.33. The maximum atomic E-state index is 12.4. The molecule has 3 rings (SSSR count). The molecule has 160 valence electrons. The highest BCUT2D eigenvalue weighted by Gasteiger charge is 2.39. The van der Waals surface area contributed by atoms with E-state index in [0.717, 1.165) is 19.4 Å². The molecule has 4 atom stereocenters. The number of carbonyl (C=O) groups excluding carboxylic acids is 2. The van der Waals surface area contributed by atoms with Crippen molar-refractivity contribution in [2.75, 3.05) is 26.3 Å². The number of amides is 2. The normalized spacial score (nSPS) is 32.1. The van der Waals surface area contributed by atoms with E-state index >= 15 is 0 Å². The molecule has 7 nitrogen and oxygen atoms in total. The van der Waals surface area contributed by atoms with E-state index in [9.17, 15) is 14.7 Å². The van der Waals surface area contributed by atoms with Gasteiger partial charge in [-0.05, 0) is 31.6 Å². The molecule has 0 aromatic carbocycles. The van der Waals surface area contributed by atoms with Crippen LogP contribution in [0, 0.1) is 5.92 Å². The highest BCUT2D eigenvalue weighted by Crippen LogP contribution is 2.28. The van der Waals surface area contributed by atoms with Gasteiger partial charge in [0.15, 0.2) is 0 Å². The lowest BCUT2D eigenvalue weighted by molar-refractivity contribution is -0.169. The van der Waals surface area contributed by atoms with Crippen LogP contribution in [0.2, 0.25) is 0 Å². The van der Waals surface area contributed by atoms with Gasteiger partial charge in [0.05, 0.1) is 37.9 Å². The summed E-state index contributed by atoms with van der Waals surface area (Å²) in [6.45, 7) is 3.44. The smallest absolute Gasteiger partial charge is 0.222 e. The van der Waals surface area contributed by atoms with Gasteiger partial charge in [-0.3, -0.25) is 9.59 Å². The van der Waals surface area contributed by atoms with Gasteiger partial charge in [0.1, 0.15) is 6.10 Å². The first kappa shape index (κ1) is 21.5. The van der Waals surface area contributed by atoms with Gasteiger partial charge in [-0.15, -0.1) is 0 Å². The molecule has 2 aliphatic heterocycles. The van der Waals surface area contributed by atoms with Crippen LogP contribution in [0.1, 0.15) is 64.7 Å². The van der Waals surface area contributed by atoms with Gasteiger partial charge in [0.2, 0.25) is 11.8 Å². The Hall–Kier alpha value is -1.18. The van der Waals surface area contributed by atoms with Crippen LogP contribution in [0.4, 0.5) is 0 Å². The lowest BCUT2D eigenvalue weighted by Crippen LogP contribution is -2.57. The van der Waals surface area contributed by atoms with Crippen LogP contribution < -0.4 is 5.32 Å². The third-order valence-corrected chi connectivity index (χ3v) is 6.33. The van der Waals surface area contributed by atoms with Gasteiger partial charge in [-0.1, -0.05) is 26.2 Å². The number of nitrogens with one attached hydrogen (secondary N) is 1. The lowest BCUT2D eigenvalue weighted by atomic mass is 9.89. The number of hydrogen-bond acceptors (Lipinski definition) is 5. The number of carbonyl (C=O) groups is 2. The molecule has 1 saturated carbocycles. The van der Waals surface area contributed by atoms with Crippen molar-refractivity contribution < 1.29 is 24.2 Å². The minimum absolute atomic E-state index is 0.0308. The molecule has 0 spiro atoms. The van der Waals surface area contributed by atoms with Gasteiger partial charge in [-0.2, -0.15) is 0 Å². The van der Waals surface area contributed by atoms with Crippen molar-refractivity contribution in [2.45, 2.75) is 89.1 Å². The largest absolute Gasteiger partial charge is 0.389 e. The van der Waals surface area contributed by atoms with Crippen LogP contribution in [0.15, 0.2) is 0 Å². The molecular formula is C21H36N2O5.